The average Bonchev–Trinajstić information content (AvgIpc) is 3.04. The summed E-state index contributed by atoms with van der Waals surface area (Å²) < 4.78 is 17.6. The van der Waals surface area contributed by atoms with Gasteiger partial charge in [-0.25, -0.2) is 4.98 Å². The minimum atomic E-state index is -1.09. The molecule has 0 saturated carbocycles. The third-order valence-corrected chi connectivity index (χ3v) is 5.97. The van der Waals surface area contributed by atoms with Crippen LogP contribution in [0.3, 0.4) is 0 Å². The zero-order chi connectivity index (χ0) is 17.2. The number of hydrogen-bond acceptors (Lipinski definition) is 4. The SMILES string of the molecule is CC(C)[C@@H](N[S+]([O-])C(C)(C)C)c1cn(CC2CCN(C)C2)cn1. The van der Waals surface area contributed by atoms with Crippen LogP contribution in [0.5, 0.6) is 0 Å². The topological polar surface area (TPSA) is 56.1 Å². The zero-order valence-corrected chi connectivity index (χ0v) is 16.2. The van der Waals surface area contributed by atoms with Gasteiger partial charge in [0, 0.05) is 30.6 Å². The van der Waals surface area contributed by atoms with Crippen LogP contribution in [-0.2, 0) is 17.9 Å². The highest BCUT2D eigenvalue weighted by Gasteiger charge is 2.32. The van der Waals surface area contributed by atoms with Gasteiger partial charge in [-0.05, 0) is 52.6 Å². The fourth-order valence-corrected chi connectivity index (χ4v) is 3.92. The van der Waals surface area contributed by atoms with E-state index in [2.05, 4.69) is 46.3 Å². The third kappa shape index (κ3) is 5.21. The summed E-state index contributed by atoms with van der Waals surface area (Å²) in [5.41, 5.74) is 0.990. The first-order valence-corrected chi connectivity index (χ1v) is 9.70. The molecule has 0 radical (unpaired) electrons. The second-order valence-electron chi connectivity index (χ2n) is 8.13. The molecule has 1 fully saturated rings. The molecule has 1 N–H and O–H groups in total. The van der Waals surface area contributed by atoms with Crippen LogP contribution >= 0.6 is 0 Å². The van der Waals surface area contributed by atoms with Gasteiger partial charge in [0.2, 0.25) is 0 Å². The fourth-order valence-electron chi connectivity index (χ4n) is 2.94. The van der Waals surface area contributed by atoms with Gasteiger partial charge in [0.1, 0.15) is 4.75 Å². The Bertz CT molecular complexity index is 497. The van der Waals surface area contributed by atoms with E-state index in [1.54, 1.807) is 0 Å². The van der Waals surface area contributed by atoms with Crippen LogP contribution in [0.15, 0.2) is 12.5 Å². The first kappa shape index (κ1) is 18.8. The third-order valence-electron chi connectivity index (χ3n) is 4.39. The normalized spacial score (nSPS) is 22.7. The van der Waals surface area contributed by atoms with Crippen LogP contribution in [0.25, 0.3) is 0 Å². The van der Waals surface area contributed by atoms with Gasteiger partial charge in [-0.2, -0.15) is 0 Å². The molecule has 6 heteroatoms. The van der Waals surface area contributed by atoms with Gasteiger partial charge in [-0.1, -0.05) is 13.8 Å². The van der Waals surface area contributed by atoms with Crippen molar-refractivity contribution in [2.45, 2.75) is 58.4 Å². The molecule has 0 bridgehead atoms. The first-order valence-electron chi connectivity index (χ1n) is 8.55. The molecular weight excluding hydrogens is 308 g/mol. The Balaban J connectivity index is 2.03. The quantitative estimate of drug-likeness (QED) is 0.809. The van der Waals surface area contributed by atoms with Gasteiger partial charge in [-0.15, -0.1) is 4.72 Å². The molecule has 2 rings (SSSR count). The summed E-state index contributed by atoms with van der Waals surface area (Å²) in [7, 11) is 2.18. The predicted molar refractivity (Wildman–Crippen MR) is 96.4 cm³/mol. The minimum Gasteiger partial charge on any atom is -0.598 e. The fraction of sp³-hybridized carbons (Fsp3) is 0.824. The molecule has 0 spiro atoms. The van der Waals surface area contributed by atoms with Crippen LogP contribution in [0, 0.1) is 11.8 Å². The molecule has 1 aromatic rings. The molecule has 1 aliphatic heterocycles. The van der Waals surface area contributed by atoms with Gasteiger partial charge in [-0.3, -0.25) is 0 Å². The minimum absolute atomic E-state index is 0.0163. The highest BCUT2D eigenvalue weighted by molar-refractivity contribution is 7.90. The Labute approximate surface area is 144 Å². The van der Waals surface area contributed by atoms with Crippen molar-refractivity contribution in [3.63, 3.8) is 0 Å². The van der Waals surface area contributed by atoms with Gasteiger partial charge in [0.05, 0.1) is 18.1 Å². The second-order valence-corrected chi connectivity index (χ2v) is 10.1. The van der Waals surface area contributed by atoms with E-state index in [4.69, 9.17) is 0 Å². The van der Waals surface area contributed by atoms with Crippen molar-refractivity contribution in [2.24, 2.45) is 11.8 Å². The van der Waals surface area contributed by atoms with Gasteiger partial charge in [0.25, 0.3) is 0 Å². The number of nitrogens with zero attached hydrogens (tertiary/aromatic N) is 3. The smallest absolute Gasteiger partial charge is 0.136 e. The molecular formula is C17H32N4OS. The summed E-state index contributed by atoms with van der Waals surface area (Å²) in [5, 5.41) is 0. The largest absolute Gasteiger partial charge is 0.598 e. The molecule has 0 aliphatic carbocycles. The summed E-state index contributed by atoms with van der Waals surface area (Å²) in [6.07, 6.45) is 5.30. The van der Waals surface area contributed by atoms with Crippen LogP contribution < -0.4 is 4.72 Å². The van der Waals surface area contributed by atoms with Crippen molar-refractivity contribution in [3.8, 4) is 0 Å². The zero-order valence-electron chi connectivity index (χ0n) is 15.4. The number of nitrogens with one attached hydrogen (secondary N) is 1. The number of aromatic nitrogens is 2. The van der Waals surface area contributed by atoms with Crippen LogP contribution in [0.2, 0.25) is 0 Å². The highest BCUT2D eigenvalue weighted by atomic mass is 32.2. The maximum Gasteiger partial charge on any atom is 0.136 e. The van der Waals surface area contributed by atoms with E-state index in [1.165, 1.54) is 13.0 Å². The molecule has 132 valence electrons. The second kappa shape index (κ2) is 7.55. The summed E-state index contributed by atoms with van der Waals surface area (Å²) in [5.74, 6) is 1.04. The number of rotatable bonds is 6. The van der Waals surface area contributed by atoms with Gasteiger partial charge in [0.15, 0.2) is 0 Å². The van der Waals surface area contributed by atoms with Crippen molar-refractivity contribution in [1.29, 1.82) is 0 Å². The van der Waals surface area contributed by atoms with Crippen molar-refractivity contribution >= 4 is 11.4 Å². The molecule has 0 aromatic carbocycles. The molecule has 2 unspecified atom stereocenters. The maximum atomic E-state index is 12.4. The lowest BCUT2D eigenvalue weighted by molar-refractivity contribution is 0.377. The lowest BCUT2D eigenvalue weighted by atomic mass is 10.0. The highest BCUT2D eigenvalue weighted by Crippen LogP contribution is 2.25. The Morgan fingerprint density at radius 2 is 2.13 bits per heavy atom. The van der Waals surface area contributed by atoms with Crippen molar-refractivity contribution in [1.82, 2.24) is 19.2 Å². The predicted octanol–water partition coefficient (Wildman–Crippen LogP) is 2.58. The summed E-state index contributed by atoms with van der Waals surface area (Å²) in [6.45, 7) is 13.6. The molecule has 3 atom stereocenters. The number of likely N-dealkylation sites (tertiary alicyclic amines) is 1. The Kier molecular flexibility index (Phi) is 6.16. The maximum absolute atomic E-state index is 12.4. The number of hydrogen-bond donors (Lipinski definition) is 1. The lowest BCUT2D eigenvalue weighted by Gasteiger charge is -2.28. The van der Waals surface area contributed by atoms with E-state index in [9.17, 15) is 4.55 Å². The monoisotopic (exact) mass is 340 g/mol. The van der Waals surface area contributed by atoms with Crippen LogP contribution in [-0.4, -0.2) is 43.9 Å². The molecule has 2 heterocycles. The van der Waals surface area contributed by atoms with E-state index in [1.807, 2.05) is 27.1 Å². The average molecular weight is 341 g/mol. The Hall–Kier alpha value is -0.560. The van der Waals surface area contributed by atoms with Crippen molar-refractivity contribution in [2.75, 3.05) is 20.1 Å². The van der Waals surface area contributed by atoms with Gasteiger partial charge >= 0.3 is 0 Å². The Morgan fingerprint density at radius 1 is 1.43 bits per heavy atom. The van der Waals surface area contributed by atoms with Crippen molar-refractivity contribution < 1.29 is 4.55 Å². The molecule has 5 nitrogen and oxygen atoms in total. The van der Waals surface area contributed by atoms with E-state index < -0.39 is 11.4 Å². The summed E-state index contributed by atoms with van der Waals surface area (Å²) in [4.78, 5) is 6.97. The van der Waals surface area contributed by atoms with Gasteiger partial charge < -0.3 is 14.0 Å². The molecule has 1 aromatic heterocycles. The molecule has 1 aliphatic rings. The lowest BCUT2D eigenvalue weighted by Crippen LogP contribution is -2.42. The van der Waals surface area contributed by atoms with Crippen molar-refractivity contribution in [3.05, 3.63) is 18.2 Å². The van der Waals surface area contributed by atoms with Crippen LogP contribution in [0.4, 0.5) is 0 Å². The first-order chi connectivity index (χ1) is 10.7. The molecule has 23 heavy (non-hydrogen) atoms. The van der Waals surface area contributed by atoms with E-state index in [0.29, 0.717) is 11.8 Å². The molecule has 1 saturated heterocycles. The number of imidazole rings is 1. The summed E-state index contributed by atoms with van der Waals surface area (Å²) >= 11 is -1.09. The van der Waals surface area contributed by atoms with E-state index >= 15 is 0 Å². The summed E-state index contributed by atoms with van der Waals surface area (Å²) in [6, 6.07) is 0.0163. The van der Waals surface area contributed by atoms with Crippen LogP contribution in [0.1, 0.15) is 52.8 Å². The van der Waals surface area contributed by atoms with E-state index in [0.717, 1.165) is 18.8 Å². The Morgan fingerprint density at radius 3 is 2.65 bits per heavy atom. The van der Waals surface area contributed by atoms with E-state index in [-0.39, 0.29) is 10.8 Å². The molecule has 0 amide bonds. The standard InChI is InChI=1S/C17H32N4OS/c1-13(2)16(19-23(22)17(3,4)5)15-11-21(12-18-15)10-14-7-8-20(6)9-14/h11-14,16,19H,7-10H2,1-6H3/t14?,16-,23?/m1/s1.